The van der Waals surface area contributed by atoms with Gasteiger partial charge >= 0.3 is 6.18 Å². The van der Waals surface area contributed by atoms with Crippen LogP contribution in [0.2, 0.25) is 0 Å². The number of nitrogens with zero attached hydrogens (tertiary/aromatic N) is 2. The van der Waals surface area contributed by atoms with E-state index in [0.717, 1.165) is 18.9 Å². The number of hydrogen-bond donors (Lipinski definition) is 0. The van der Waals surface area contributed by atoms with Crippen molar-refractivity contribution in [3.05, 3.63) is 30.6 Å². The van der Waals surface area contributed by atoms with Gasteiger partial charge in [0, 0.05) is 12.7 Å². The highest BCUT2D eigenvalue weighted by Crippen LogP contribution is 2.27. The molecule has 0 unspecified atom stereocenters. The van der Waals surface area contributed by atoms with E-state index in [1.54, 1.807) is 6.08 Å². The van der Waals surface area contributed by atoms with Crippen LogP contribution in [0, 0.1) is 0 Å². The first-order valence-electron chi connectivity index (χ1n) is 4.25. The number of alkyl halides is 3. The van der Waals surface area contributed by atoms with Crippen LogP contribution in [-0.2, 0) is 12.7 Å². The van der Waals surface area contributed by atoms with Gasteiger partial charge < -0.3 is 0 Å². The molecule has 0 N–H and O–H groups in total. The third-order valence-electron chi connectivity index (χ3n) is 1.73. The van der Waals surface area contributed by atoms with Crippen molar-refractivity contribution >= 4 is 0 Å². The zero-order chi connectivity index (χ0) is 10.6. The Labute approximate surface area is 80.0 Å². The molecule has 0 aliphatic carbocycles. The summed E-state index contributed by atoms with van der Waals surface area (Å²) >= 11 is 0. The molecule has 5 heteroatoms. The van der Waals surface area contributed by atoms with E-state index in [4.69, 9.17) is 0 Å². The number of aromatic nitrogens is 2. The molecule has 1 rings (SSSR count). The molecular formula is C9H11F3N2. The second-order valence-electron chi connectivity index (χ2n) is 2.89. The molecule has 1 aromatic heterocycles. The van der Waals surface area contributed by atoms with Crippen molar-refractivity contribution in [2.75, 3.05) is 0 Å². The van der Waals surface area contributed by atoms with Gasteiger partial charge in [0.15, 0.2) is 5.69 Å². The largest absolute Gasteiger partial charge is 0.435 e. The average Bonchev–Trinajstić information content (AvgIpc) is 2.52. The van der Waals surface area contributed by atoms with Gasteiger partial charge in [-0.1, -0.05) is 6.08 Å². The van der Waals surface area contributed by atoms with Gasteiger partial charge in [-0.25, -0.2) is 0 Å². The van der Waals surface area contributed by atoms with Gasteiger partial charge in [0.1, 0.15) is 0 Å². The molecule has 1 aromatic rings. The molecule has 1 heterocycles. The van der Waals surface area contributed by atoms with Gasteiger partial charge in [-0.2, -0.15) is 18.3 Å². The molecule has 78 valence electrons. The van der Waals surface area contributed by atoms with Crippen LogP contribution in [0.5, 0.6) is 0 Å². The zero-order valence-corrected chi connectivity index (χ0v) is 7.59. The molecular weight excluding hydrogens is 193 g/mol. The Hall–Kier alpha value is -1.26. The van der Waals surface area contributed by atoms with Crippen molar-refractivity contribution in [3.8, 4) is 0 Å². The van der Waals surface area contributed by atoms with Crippen molar-refractivity contribution < 1.29 is 13.2 Å². The van der Waals surface area contributed by atoms with Crippen LogP contribution in [0.1, 0.15) is 18.5 Å². The highest BCUT2D eigenvalue weighted by molar-refractivity contribution is 5.03. The fourth-order valence-electron chi connectivity index (χ4n) is 1.04. The van der Waals surface area contributed by atoms with Crippen molar-refractivity contribution in [2.45, 2.75) is 25.6 Å². The lowest BCUT2D eigenvalue weighted by Crippen LogP contribution is -2.08. The summed E-state index contributed by atoms with van der Waals surface area (Å²) in [6, 6.07) is 0.980. The Balaban J connectivity index is 2.55. The van der Waals surface area contributed by atoms with Crippen LogP contribution in [0.15, 0.2) is 24.9 Å². The first kappa shape index (κ1) is 10.8. The third kappa shape index (κ3) is 2.90. The molecule has 2 nitrogen and oxygen atoms in total. The maximum absolute atomic E-state index is 12.1. The van der Waals surface area contributed by atoms with Crippen LogP contribution in [0.3, 0.4) is 0 Å². The number of unbranched alkanes of at least 4 members (excludes halogenated alkanes) is 1. The van der Waals surface area contributed by atoms with E-state index < -0.39 is 11.9 Å². The lowest BCUT2D eigenvalue weighted by molar-refractivity contribution is -0.141. The molecule has 0 fully saturated rings. The summed E-state index contributed by atoms with van der Waals surface area (Å²) in [5.74, 6) is 0. The minimum absolute atomic E-state index is 0.488. The molecule has 0 bridgehead atoms. The summed E-state index contributed by atoms with van der Waals surface area (Å²) in [6.45, 7) is 4.01. The van der Waals surface area contributed by atoms with Crippen molar-refractivity contribution in [1.82, 2.24) is 9.78 Å². The van der Waals surface area contributed by atoms with Crippen molar-refractivity contribution in [1.29, 1.82) is 0 Å². The number of halogens is 3. The van der Waals surface area contributed by atoms with Gasteiger partial charge in [0.2, 0.25) is 0 Å². The number of allylic oxidation sites excluding steroid dienone is 1. The number of rotatable bonds is 4. The van der Waals surface area contributed by atoms with Crippen LogP contribution >= 0.6 is 0 Å². The first-order valence-corrected chi connectivity index (χ1v) is 4.25. The van der Waals surface area contributed by atoms with E-state index in [1.165, 1.54) is 10.9 Å². The summed E-state index contributed by atoms with van der Waals surface area (Å²) in [7, 11) is 0. The van der Waals surface area contributed by atoms with Gasteiger partial charge in [-0.05, 0) is 18.9 Å². The Morgan fingerprint density at radius 3 is 2.71 bits per heavy atom. The molecule has 0 saturated heterocycles. The predicted molar refractivity (Wildman–Crippen MR) is 46.7 cm³/mol. The average molecular weight is 204 g/mol. The van der Waals surface area contributed by atoms with E-state index in [1.807, 2.05) is 0 Å². The molecule has 14 heavy (non-hydrogen) atoms. The SMILES string of the molecule is C=CCCCn1ccc(C(F)(F)F)n1. The fraction of sp³-hybridized carbons (Fsp3) is 0.444. The van der Waals surface area contributed by atoms with Crippen molar-refractivity contribution in [3.63, 3.8) is 0 Å². The second-order valence-corrected chi connectivity index (χ2v) is 2.89. The molecule has 0 aliphatic heterocycles. The van der Waals surface area contributed by atoms with Gasteiger partial charge in [-0.3, -0.25) is 4.68 Å². The molecule has 0 atom stereocenters. The highest BCUT2D eigenvalue weighted by atomic mass is 19.4. The van der Waals surface area contributed by atoms with E-state index >= 15 is 0 Å². The fourth-order valence-corrected chi connectivity index (χ4v) is 1.04. The smallest absolute Gasteiger partial charge is 0.272 e. The van der Waals surface area contributed by atoms with Gasteiger partial charge in [-0.15, -0.1) is 6.58 Å². The molecule has 0 aliphatic rings. The Kier molecular flexibility index (Phi) is 3.33. The number of hydrogen-bond acceptors (Lipinski definition) is 1. The Morgan fingerprint density at radius 2 is 2.21 bits per heavy atom. The molecule has 0 radical (unpaired) electrons. The van der Waals surface area contributed by atoms with Crippen molar-refractivity contribution in [2.24, 2.45) is 0 Å². The Bertz CT molecular complexity index is 301. The van der Waals surface area contributed by atoms with Gasteiger partial charge in [0.25, 0.3) is 0 Å². The van der Waals surface area contributed by atoms with Crippen LogP contribution < -0.4 is 0 Å². The lowest BCUT2D eigenvalue weighted by atomic mass is 10.3. The van der Waals surface area contributed by atoms with Gasteiger partial charge in [0.05, 0.1) is 0 Å². The monoisotopic (exact) mass is 204 g/mol. The second kappa shape index (κ2) is 4.30. The third-order valence-corrected chi connectivity index (χ3v) is 1.73. The maximum Gasteiger partial charge on any atom is 0.435 e. The summed E-state index contributed by atoms with van der Waals surface area (Å²) in [6.07, 6.45) is 0.257. The first-order chi connectivity index (χ1) is 6.54. The standard InChI is InChI=1S/C9H11F3N2/c1-2-3-4-6-14-7-5-8(13-14)9(10,11)12/h2,5,7H,1,3-4,6H2. The van der Waals surface area contributed by atoms with E-state index in [2.05, 4.69) is 11.7 Å². The molecule has 0 saturated carbocycles. The van der Waals surface area contributed by atoms with Crippen LogP contribution in [0.4, 0.5) is 13.2 Å². The molecule has 0 spiro atoms. The topological polar surface area (TPSA) is 17.8 Å². The number of aryl methyl sites for hydroxylation is 1. The lowest BCUT2D eigenvalue weighted by Gasteiger charge is -2.01. The van der Waals surface area contributed by atoms with E-state index in [-0.39, 0.29) is 0 Å². The van der Waals surface area contributed by atoms with E-state index in [0.29, 0.717) is 6.54 Å². The summed E-state index contributed by atoms with van der Waals surface area (Å²) in [5, 5.41) is 3.41. The Morgan fingerprint density at radius 1 is 1.50 bits per heavy atom. The van der Waals surface area contributed by atoms with Crippen LogP contribution in [0.25, 0.3) is 0 Å². The minimum Gasteiger partial charge on any atom is -0.272 e. The minimum atomic E-state index is -4.34. The summed E-state index contributed by atoms with van der Waals surface area (Å²) < 4.78 is 37.6. The highest BCUT2D eigenvalue weighted by Gasteiger charge is 2.33. The summed E-state index contributed by atoms with van der Waals surface area (Å²) in [4.78, 5) is 0. The summed E-state index contributed by atoms with van der Waals surface area (Å²) in [5.41, 5.74) is -0.837. The van der Waals surface area contributed by atoms with Crippen LogP contribution in [-0.4, -0.2) is 9.78 Å². The van der Waals surface area contributed by atoms with E-state index in [9.17, 15) is 13.2 Å². The molecule has 0 aromatic carbocycles. The quantitative estimate of drug-likeness (QED) is 0.544. The predicted octanol–water partition coefficient (Wildman–Crippen LogP) is 2.87. The normalized spacial score (nSPS) is 11.6. The zero-order valence-electron chi connectivity index (χ0n) is 7.59. The molecule has 0 amide bonds. The maximum atomic E-state index is 12.1.